The number of aromatic nitrogens is 1. The molecule has 0 bridgehead atoms. The summed E-state index contributed by atoms with van der Waals surface area (Å²) in [7, 11) is 0. The van der Waals surface area contributed by atoms with Gasteiger partial charge >= 0.3 is 12.0 Å². The molecule has 1 heterocycles. The molecule has 108 valence electrons. The predicted molar refractivity (Wildman–Crippen MR) is 73.1 cm³/mol. The monoisotopic (exact) mass is 277 g/mol. The van der Waals surface area contributed by atoms with Crippen LogP contribution in [0.25, 0.3) is 0 Å². The fourth-order valence-corrected chi connectivity index (χ4v) is 2.07. The van der Waals surface area contributed by atoms with Crippen LogP contribution in [0.5, 0.6) is 0 Å². The summed E-state index contributed by atoms with van der Waals surface area (Å²) in [5.74, 6) is -0.973. The highest BCUT2D eigenvalue weighted by Gasteiger charge is 2.35. The number of hydrogen-bond donors (Lipinski definition) is 1. The zero-order chi connectivity index (χ0) is 14.5. The summed E-state index contributed by atoms with van der Waals surface area (Å²) < 4.78 is 0. The Balaban J connectivity index is 2.05. The average Bonchev–Trinajstić information content (AvgIpc) is 3.27. The Morgan fingerprint density at radius 1 is 1.40 bits per heavy atom. The van der Waals surface area contributed by atoms with Crippen molar-refractivity contribution in [3.63, 3.8) is 0 Å². The Kier molecular flexibility index (Phi) is 4.55. The molecule has 0 spiro atoms. The molecular weight excluding hydrogens is 258 g/mol. The van der Waals surface area contributed by atoms with Crippen LogP contribution in [0.1, 0.15) is 25.5 Å². The van der Waals surface area contributed by atoms with E-state index in [9.17, 15) is 9.59 Å². The SMILES string of the molecule is CCN(Cc1ccccn1)C(=O)N(CC(=O)O)C1CC1. The largest absolute Gasteiger partial charge is 0.480 e. The fourth-order valence-electron chi connectivity index (χ4n) is 2.07. The van der Waals surface area contributed by atoms with E-state index in [0.717, 1.165) is 18.5 Å². The number of pyridine rings is 1. The molecule has 1 fully saturated rings. The van der Waals surface area contributed by atoms with Gasteiger partial charge in [0.2, 0.25) is 0 Å². The summed E-state index contributed by atoms with van der Waals surface area (Å²) in [6.07, 6.45) is 3.46. The summed E-state index contributed by atoms with van der Waals surface area (Å²) in [4.78, 5) is 30.6. The van der Waals surface area contributed by atoms with Crippen LogP contribution in [0.3, 0.4) is 0 Å². The Bertz CT molecular complexity index is 474. The van der Waals surface area contributed by atoms with Gasteiger partial charge in [0.1, 0.15) is 6.54 Å². The number of carboxylic acid groups (broad SMARTS) is 1. The normalized spacial score (nSPS) is 13.8. The number of nitrogens with zero attached hydrogens (tertiary/aromatic N) is 3. The first-order chi connectivity index (χ1) is 9.61. The molecule has 1 aromatic heterocycles. The molecule has 1 aliphatic rings. The number of urea groups is 1. The molecule has 20 heavy (non-hydrogen) atoms. The van der Waals surface area contributed by atoms with Crippen LogP contribution >= 0.6 is 0 Å². The van der Waals surface area contributed by atoms with Crippen LogP contribution in [-0.4, -0.2) is 51.0 Å². The number of carbonyl (C=O) groups excluding carboxylic acids is 1. The smallest absolute Gasteiger partial charge is 0.323 e. The van der Waals surface area contributed by atoms with Gasteiger partial charge in [0.05, 0.1) is 12.2 Å². The van der Waals surface area contributed by atoms with Gasteiger partial charge in [-0.2, -0.15) is 0 Å². The van der Waals surface area contributed by atoms with Crippen LogP contribution in [0.2, 0.25) is 0 Å². The number of amides is 2. The van der Waals surface area contributed by atoms with Gasteiger partial charge in [-0.1, -0.05) is 6.07 Å². The van der Waals surface area contributed by atoms with Gasteiger partial charge < -0.3 is 14.9 Å². The minimum atomic E-state index is -0.973. The molecule has 1 N–H and O–H groups in total. The van der Waals surface area contributed by atoms with Crippen molar-refractivity contribution < 1.29 is 14.7 Å². The van der Waals surface area contributed by atoms with Crippen molar-refractivity contribution in [2.45, 2.75) is 32.4 Å². The van der Waals surface area contributed by atoms with E-state index in [1.165, 1.54) is 4.90 Å². The van der Waals surface area contributed by atoms with E-state index in [1.54, 1.807) is 11.1 Å². The van der Waals surface area contributed by atoms with Crippen LogP contribution in [0, 0.1) is 0 Å². The zero-order valence-corrected chi connectivity index (χ0v) is 11.5. The second-order valence-corrected chi connectivity index (χ2v) is 4.87. The minimum Gasteiger partial charge on any atom is -0.480 e. The van der Waals surface area contributed by atoms with Crippen molar-refractivity contribution in [1.82, 2.24) is 14.8 Å². The maximum absolute atomic E-state index is 12.5. The highest BCUT2D eigenvalue weighted by Crippen LogP contribution is 2.27. The fraction of sp³-hybridized carbons (Fsp3) is 0.500. The Hall–Kier alpha value is -2.11. The van der Waals surface area contributed by atoms with Crippen LogP contribution in [0.4, 0.5) is 4.79 Å². The van der Waals surface area contributed by atoms with E-state index in [4.69, 9.17) is 5.11 Å². The van der Waals surface area contributed by atoms with Crippen molar-refractivity contribution in [3.8, 4) is 0 Å². The molecule has 6 nitrogen and oxygen atoms in total. The second-order valence-electron chi connectivity index (χ2n) is 4.87. The molecule has 0 saturated heterocycles. The molecule has 1 aliphatic carbocycles. The van der Waals surface area contributed by atoms with E-state index in [0.29, 0.717) is 13.1 Å². The van der Waals surface area contributed by atoms with Crippen LogP contribution in [-0.2, 0) is 11.3 Å². The Labute approximate surface area is 118 Å². The summed E-state index contributed by atoms with van der Waals surface area (Å²) in [6, 6.07) is 5.41. The first kappa shape index (κ1) is 14.3. The van der Waals surface area contributed by atoms with Crippen molar-refractivity contribution in [3.05, 3.63) is 30.1 Å². The van der Waals surface area contributed by atoms with Gasteiger partial charge in [-0.05, 0) is 31.9 Å². The van der Waals surface area contributed by atoms with Crippen molar-refractivity contribution in [1.29, 1.82) is 0 Å². The summed E-state index contributed by atoms with van der Waals surface area (Å²) in [5.41, 5.74) is 0.800. The maximum atomic E-state index is 12.5. The highest BCUT2D eigenvalue weighted by atomic mass is 16.4. The topological polar surface area (TPSA) is 73.7 Å². The lowest BCUT2D eigenvalue weighted by atomic mass is 10.3. The third-order valence-electron chi connectivity index (χ3n) is 3.27. The van der Waals surface area contributed by atoms with Crippen molar-refractivity contribution in [2.24, 2.45) is 0 Å². The summed E-state index contributed by atoms with van der Waals surface area (Å²) >= 11 is 0. The summed E-state index contributed by atoms with van der Waals surface area (Å²) in [6.45, 7) is 2.58. The minimum absolute atomic E-state index is 0.0800. The summed E-state index contributed by atoms with van der Waals surface area (Å²) in [5, 5.41) is 8.93. The lowest BCUT2D eigenvalue weighted by Crippen LogP contribution is -2.46. The second kappa shape index (κ2) is 6.36. The molecule has 0 atom stereocenters. The van der Waals surface area contributed by atoms with Crippen LogP contribution in [0.15, 0.2) is 24.4 Å². The molecule has 0 radical (unpaired) electrons. The first-order valence-corrected chi connectivity index (χ1v) is 6.79. The zero-order valence-electron chi connectivity index (χ0n) is 11.5. The Morgan fingerprint density at radius 2 is 2.15 bits per heavy atom. The molecule has 0 unspecified atom stereocenters. The van der Waals surface area contributed by atoms with E-state index >= 15 is 0 Å². The molecule has 1 aromatic rings. The molecule has 2 rings (SSSR count). The van der Waals surface area contributed by atoms with Gasteiger partial charge in [0, 0.05) is 18.8 Å². The number of rotatable bonds is 6. The van der Waals surface area contributed by atoms with E-state index in [2.05, 4.69) is 4.98 Å². The quantitative estimate of drug-likeness (QED) is 0.856. The molecule has 1 saturated carbocycles. The van der Waals surface area contributed by atoms with Crippen LogP contribution < -0.4 is 0 Å². The standard InChI is InChI=1S/C14H19N3O3/c1-2-16(9-11-5-3-4-8-15-11)14(20)17(10-13(18)19)12-6-7-12/h3-5,8,12H,2,6-7,9-10H2,1H3,(H,18,19). The van der Waals surface area contributed by atoms with Crippen molar-refractivity contribution in [2.75, 3.05) is 13.1 Å². The molecule has 0 aromatic carbocycles. The van der Waals surface area contributed by atoms with Gasteiger partial charge in [0.15, 0.2) is 0 Å². The predicted octanol–water partition coefficient (Wildman–Crippen LogP) is 1.57. The lowest BCUT2D eigenvalue weighted by Gasteiger charge is -2.28. The van der Waals surface area contributed by atoms with E-state index in [1.807, 2.05) is 25.1 Å². The maximum Gasteiger partial charge on any atom is 0.323 e. The van der Waals surface area contributed by atoms with Gasteiger partial charge in [0.25, 0.3) is 0 Å². The van der Waals surface area contributed by atoms with E-state index < -0.39 is 5.97 Å². The van der Waals surface area contributed by atoms with Crippen molar-refractivity contribution >= 4 is 12.0 Å². The molecule has 2 amide bonds. The Morgan fingerprint density at radius 3 is 2.65 bits per heavy atom. The number of carbonyl (C=O) groups is 2. The third kappa shape index (κ3) is 3.69. The van der Waals surface area contributed by atoms with Gasteiger partial charge in [-0.15, -0.1) is 0 Å². The van der Waals surface area contributed by atoms with E-state index in [-0.39, 0.29) is 18.6 Å². The third-order valence-corrected chi connectivity index (χ3v) is 3.27. The average molecular weight is 277 g/mol. The number of aliphatic carboxylic acids is 1. The number of carboxylic acids is 1. The molecule has 0 aliphatic heterocycles. The van der Waals surface area contributed by atoms with Gasteiger partial charge in [-0.3, -0.25) is 9.78 Å². The lowest BCUT2D eigenvalue weighted by molar-refractivity contribution is -0.137. The van der Waals surface area contributed by atoms with Gasteiger partial charge in [-0.25, -0.2) is 4.79 Å². The highest BCUT2D eigenvalue weighted by molar-refractivity contribution is 5.80. The first-order valence-electron chi connectivity index (χ1n) is 6.79. The molecular formula is C14H19N3O3. The molecule has 6 heteroatoms. The number of hydrogen-bond acceptors (Lipinski definition) is 3.